The van der Waals surface area contributed by atoms with Gasteiger partial charge in [0, 0.05) is 20.2 Å². The van der Waals surface area contributed by atoms with Crippen LogP contribution in [0.15, 0.2) is 36.7 Å². The molecule has 8 nitrogen and oxygen atoms in total. The van der Waals surface area contributed by atoms with Crippen LogP contribution in [0.2, 0.25) is 0 Å². The number of aromatic nitrogens is 4. The summed E-state index contributed by atoms with van der Waals surface area (Å²) in [6, 6.07) is 6.32. The molecule has 9 heteroatoms. The molecule has 0 aliphatic carbocycles. The van der Waals surface area contributed by atoms with Crippen LogP contribution in [0.3, 0.4) is 0 Å². The molecular weight excluding hydrogens is 339 g/mol. The normalized spacial score (nSPS) is 17.0. The Labute approximate surface area is 148 Å². The van der Waals surface area contributed by atoms with E-state index in [2.05, 4.69) is 25.3 Å². The van der Waals surface area contributed by atoms with E-state index in [-0.39, 0.29) is 17.6 Å². The number of imidazole rings is 1. The molecule has 1 amide bonds. The highest BCUT2D eigenvalue weighted by Gasteiger charge is 2.24. The van der Waals surface area contributed by atoms with Crippen molar-refractivity contribution in [1.82, 2.24) is 19.6 Å². The molecule has 0 saturated carbocycles. The van der Waals surface area contributed by atoms with E-state index in [1.165, 1.54) is 22.8 Å². The van der Waals surface area contributed by atoms with Crippen LogP contribution in [0.4, 0.5) is 16.0 Å². The van der Waals surface area contributed by atoms with E-state index in [1.807, 2.05) is 12.1 Å². The number of nitrogens with one attached hydrogen (secondary N) is 1. The van der Waals surface area contributed by atoms with Crippen molar-refractivity contribution in [3.63, 3.8) is 0 Å². The predicted octanol–water partition coefficient (Wildman–Crippen LogP) is 1.74. The number of pyridine rings is 1. The molecule has 4 rings (SSSR count). The highest BCUT2D eigenvalue weighted by Crippen LogP contribution is 2.20. The molecule has 1 aliphatic rings. The van der Waals surface area contributed by atoms with Crippen molar-refractivity contribution in [3.8, 4) is 0 Å². The number of methoxy groups -OCH3 is 1. The number of ether oxygens (including phenoxy) is 1. The smallest absolute Gasteiger partial charge is 0.277 e. The summed E-state index contributed by atoms with van der Waals surface area (Å²) >= 11 is 0. The van der Waals surface area contributed by atoms with Crippen molar-refractivity contribution in [2.45, 2.75) is 12.5 Å². The number of anilines is 2. The molecule has 0 spiro atoms. The standard InChI is InChI=1S/C17H17FN6O2/c1-26-12-6-7-23(10-12)16-5-4-15-20-9-13(24(15)22-16)17(25)21-14-3-2-11(18)8-19-14/h2-5,8-9,12H,6-7,10H2,1H3,(H,19,21,25). The van der Waals surface area contributed by atoms with E-state index < -0.39 is 11.7 Å². The molecule has 1 saturated heterocycles. The van der Waals surface area contributed by atoms with Gasteiger partial charge in [0.15, 0.2) is 11.3 Å². The third kappa shape index (κ3) is 3.08. The summed E-state index contributed by atoms with van der Waals surface area (Å²) in [5.41, 5.74) is 0.837. The molecule has 1 fully saturated rings. The van der Waals surface area contributed by atoms with Crippen molar-refractivity contribution in [1.29, 1.82) is 0 Å². The van der Waals surface area contributed by atoms with E-state index in [0.29, 0.717) is 5.65 Å². The molecular formula is C17H17FN6O2. The summed E-state index contributed by atoms with van der Waals surface area (Å²) in [6.07, 6.45) is 3.61. The van der Waals surface area contributed by atoms with Gasteiger partial charge in [-0.05, 0) is 30.7 Å². The molecule has 3 aromatic rings. The van der Waals surface area contributed by atoms with Crippen LogP contribution >= 0.6 is 0 Å². The SMILES string of the molecule is COC1CCN(c2ccc3ncc(C(=O)Nc4ccc(F)cn4)n3n2)C1. The second-order valence-corrected chi connectivity index (χ2v) is 6.01. The molecule has 4 heterocycles. The molecule has 1 N–H and O–H groups in total. The first-order valence-electron chi connectivity index (χ1n) is 8.19. The monoisotopic (exact) mass is 356 g/mol. The van der Waals surface area contributed by atoms with Crippen LogP contribution in [0.1, 0.15) is 16.9 Å². The molecule has 1 aliphatic heterocycles. The van der Waals surface area contributed by atoms with Gasteiger partial charge in [0.05, 0.1) is 18.5 Å². The quantitative estimate of drug-likeness (QED) is 0.767. The lowest BCUT2D eigenvalue weighted by Gasteiger charge is -2.17. The Hall–Kier alpha value is -3.07. The number of hydrogen-bond acceptors (Lipinski definition) is 6. The van der Waals surface area contributed by atoms with Gasteiger partial charge in [-0.3, -0.25) is 4.79 Å². The van der Waals surface area contributed by atoms with E-state index >= 15 is 0 Å². The minimum atomic E-state index is -0.468. The molecule has 0 aromatic carbocycles. The Morgan fingerprint density at radius 3 is 2.88 bits per heavy atom. The van der Waals surface area contributed by atoms with Crippen LogP contribution < -0.4 is 10.2 Å². The molecule has 1 unspecified atom stereocenters. The zero-order valence-electron chi connectivity index (χ0n) is 14.1. The minimum Gasteiger partial charge on any atom is -0.380 e. The summed E-state index contributed by atoms with van der Waals surface area (Å²) in [4.78, 5) is 22.7. The molecule has 26 heavy (non-hydrogen) atoms. The fraction of sp³-hybridized carbons (Fsp3) is 0.294. The summed E-state index contributed by atoms with van der Waals surface area (Å²) in [5.74, 6) is 0.121. The largest absolute Gasteiger partial charge is 0.380 e. The van der Waals surface area contributed by atoms with E-state index in [4.69, 9.17) is 4.74 Å². The number of hydrogen-bond donors (Lipinski definition) is 1. The van der Waals surface area contributed by atoms with Gasteiger partial charge < -0.3 is 15.0 Å². The molecule has 3 aromatic heterocycles. The lowest BCUT2D eigenvalue weighted by Crippen LogP contribution is -2.24. The van der Waals surface area contributed by atoms with Crippen molar-refractivity contribution in [2.75, 3.05) is 30.4 Å². The molecule has 0 radical (unpaired) electrons. The third-order valence-electron chi connectivity index (χ3n) is 4.35. The number of amides is 1. The third-order valence-corrected chi connectivity index (χ3v) is 4.35. The number of carbonyl (C=O) groups excluding carboxylic acids is 1. The fourth-order valence-corrected chi connectivity index (χ4v) is 2.95. The number of halogens is 1. The second kappa shape index (κ2) is 6.68. The van der Waals surface area contributed by atoms with Crippen molar-refractivity contribution in [2.24, 2.45) is 0 Å². The van der Waals surface area contributed by atoms with E-state index in [9.17, 15) is 9.18 Å². The predicted molar refractivity (Wildman–Crippen MR) is 92.8 cm³/mol. The Kier molecular flexibility index (Phi) is 4.21. The first-order chi connectivity index (χ1) is 12.6. The van der Waals surface area contributed by atoms with E-state index in [0.717, 1.165) is 31.5 Å². The van der Waals surface area contributed by atoms with E-state index in [1.54, 1.807) is 7.11 Å². The molecule has 0 bridgehead atoms. The molecule has 134 valence electrons. The van der Waals surface area contributed by atoms with Crippen LogP contribution in [-0.4, -0.2) is 51.8 Å². The number of rotatable bonds is 4. The second-order valence-electron chi connectivity index (χ2n) is 6.01. The zero-order valence-corrected chi connectivity index (χ0v) is 14.1. The molecule has 1 atom stereocenters. The highest BCUT2D eigenvalue weighted by molar-refractivity contribution is 6.02. The lowest BCUT2D eigenvalue weighted by atomic mass is 10.3. The summed E-state index contributed by atoms with van der Waals surface area (Å²) in [6.45, 7) is 1.59. The summed E-state index contributed by atoms with van der Waals surface area (Å²) in [7, 11) is 1.70. The van der Waals surface area contributed by atoms with Crippen molar-refractivity contribution < 1.29 is 13.9 Å². The number of nitrogens with zero attached hydrogens (tertiary/aromatic N) is 5. The van der Waals surface area contributed by atoms with Gasteiger partial charge in [-0.15, -0.1) is 5.10 Å². The minimum absolute atomic E-state index is 0.183. The Morgan fingerprint density at radius 1 is 1.27 bits per heavy atom. The zero-order chi connectivity index (χ0) is 18.1. The van der Waals surface area contributed by atoms with Crippen LogP contribution in [0.25, 0.3) is 5.65 Å². The fourth-order valence-electron chi connectivity index (χ4n) is 2.95. The van der Waals surface area contributed by atoms with Crippen LogP contribution in [-0.2, 0) is 4.74 Å². The maximum Gasteiger partial charge on any atom is 0.277 e. The Bertz CT molecular complexity index is 942. The highest BCUT2D eigenvalue weighted by atomic mass is 19.1. The van der Waals surface area contributed by atoms with Gasteiger partial charge in [0.25, 0.3) is 5.91 Å². The van der Waals surface area contributed by atoms with Gasteiger partial charge >= 0.3 is 0 Å². The summed E-state index contributed by atoms with van der Waals surface area (Å²) in [5, 5.41) is 7.16. The lowest BCUT2D eigenvalue weighted by molar-refractivity contribution is 0.102. The first kappa shape index (κ1) is 16.4. The van der Waals surface area contributed by atoms with Crippen molar-refractivity contribution >= 4 is 23.2 Å². The summed E-state index contributed by atoms with van der Waals surface area (Å²) < 4.78 is 19.8. The van der Waals surface area contributed by atoms with Crippen LogP contribution in [0, 0.1) is 5.82 Å². The maximum atomic E-state index is 12.9. The van der Waals surface area contributed by atoms with Gasteiger partial charge in [-0.25, -0.2) is 18.9 Å². The Balaban J connectivity index is 1.60. The Morgan fingerprint density at radius 2 is 2.15 bits per heavy atom. The number of carbonyl (C=O) groups is 1. The van der Waals surface area contributed by atoms with Crippen molar-refractivity contribution in [3.05, 3.63) is 48.2 Å². The van der Waals surface area contributed by atoms with Gasteiger partial charge in [-0.1, -0.05) is 0 Å². The van der Waals surface area contributed by atoms with Gasteiger partial charge in [-0.2, -0.15) is 0 Å². The van der Waals surface area contributed by atoms with Gasteiger partial charge in [0.1, 0.15) is 17.5 Å². The topological polar surface area (TPSA) is 84.6 Å². The first-order valence-corrected chi connectivity index (χ1v) is 8.19. The van der Waals surface area contributed by atoms with Gasteiger partial charge in [0.2, 0.25) is 0 Å². The maximum absolute atomic E-state index is 12.9. The number of fused-ring (bicyclic) bond motifs is 1. The average Bonchev–Trinajstić information content (AvgIpc) is 3.29. The average molecular weight is 356 g/mol. The van der Waals surface area contributed by atoms with Crippen LogP contribution in [0.5, 0.6) is 0 Å².